The van der Waals surface area contributed by atoms with Gasteiger partial charge >= 0.3 is 0 Å². The Morgan fingerprint density at radius 3 is 2.21 bits per heavy atom. The van der Waals surface area contributed by atoms with Crippen LogP contribution in [0.2, 0.25) is 0 Å². The first-order valence-corrected chi connectivity index (χ1v) is 12.2. The number of hydrogen-bond donors (Lipinski definition) is 1. The van der Waals surface area contributed by atoms with Crippen LogP contribution in [0.1, 0.15) is 63.8 Å². The van der Waals surface area contributed by atoms with E-state index in [-0.39, 0.29) is 16.2 Å². The minimum atomic E-state index is 0.0269. The SMILES string of the molecule is CC1(C)c2cc3ccccc3c(Nc3cccc4c3Cc3ccccc3-4)c2C(C)(C)C1(C)C. The van der Waals surface area contributed by atoms with Crippen molar-refractivity contribution in [2.75, 3.05) is 5.32 Å². The lowest BCUT2D eigenvalue weighted by atomic mass is 9.59. The number of nitrogens with one attached hydrogen (secondary N) is 1. The monoisotopic (exact) mass is 431 g/mol. The minimum Gasteiger partial charge on any atom is -0.355 e. The fraction of sp³-hybridized carbons (Fsp3) is 0.312. The maximum Gasteiger partial charge on any atom is 0.0505 e. The average molecular weight is 432 g/mol. The molecule has 0 heterocycles. The second-order valence-electron chi connectivity index (χ2n) is 11.6. The third-order valence-electron chi connectivity index (χ3n) is 9.58. The average Bonchev–Trinajstić information content (AvgIpc) is 3.22. The molecule has 0 aliphatic heterocycles. The highest BCUT2D eigenvalue weighted by Crippen LogP contribution is 2.64. The van der Waals surface area contributed by atoms with Gasteiger partial charge in [-0.3, -0.25) is 0 Å². The van der Waals surface area contributed by atoms with Gasteiger partial charge in [0.1, 0.15) is 0 Å². The maximum atomic E-state index is 4.01. The molecule has 0 unspecified atom stereocenters. The molecular weight excluding hydrogens is 398 g/mol. The quantitative estimate of drug-likeness (QED) is 0.294. The molecule has 0 saturated heterocycles. The molecule has 0 saturated carbocycles. The summed E-state index contributed by atoms with van der Waals surface area (Å²) in [5.41, 5.74) is 11.3. The summed E-state index contributed by atoms with van der Waals surface area (Å²) in [6.45, 7) is 14.6. The lowest BCUT2D eigenvalue weighted by Gasteiger charge is -2.44. The molecule has 0 fully saturated rings. The van der Waals surface area contributed by atoms with Gasteiger partial charge in [0.25, 0.3) is 0 Å². The van der Waals surface area contributed by atoms with Crippen molar-refractivity contribution in [1.29, 1.82) is 0 Å². The zero-order valence-electron chi connectivity index (χ0n) is 20.6. The van der Waals surface area contributed by atoms with Crippen LogP contribution >= 0.6 is 0 Å². The molecule has 1 N–H and O–H groups in total. The van der Waals surface area contributed by atoms with Gasteiger partial charge in [-0.15, -0.1) is 0 Å². The van der Waals surface area contributed by atoms with Gasteiger partial charge in [-0.05, 0) is 61.1 Å². The summed E-state index contributed by atoms with van der Waals surface area (Å²) in [5, 5.41) is 6.64. The second-order valence-corrected chi connectivity index (χ2v) is 11.6. The summed E-state index contributed by atoms with van der Waals surface area (Å²) in [5.74, 6) is 0. The van der Waals surface area contributed by atoms with Crippen LogP contribution in [0.4, 0.5) is 11.4 Å². The summed E-state index contributed by atoms with van der Waals surface area (Å²) in [6.07, 6.45) is 0.988. The van der Waals surface area contributed by atoms with E-state index in [4.69, 9.17) is 0 Å². The first-order valence-electron chi connectivity index (χ1n) is 12.2. The van der Waals surface area contributed by atoms with E-state index in [2.05, 4.69) is 120 Å². The van der Waals surface area contributed by atoms with Crippen molar-refractivity contribution in [2.24, 2.45) is 5.41 Å². The van der Waals surface area contributed by atoms with E-state index in [1.54, 1.807) is 0 Å². The predicted molar refractivity (Wildman–Crippen MR) is 142 cm³/mol. The summed E-state index contributed by atoms with van der Waals surface area (Å²) in [6, 6.07) is 26.9. The number of anilines is 2. The predicted octanol–water partition coefficient (Wildman–Crippen LogP) is 8.75. The van der Waals surface area contributed by atoms with E-state index in [1.807, 2.05) is 0 Å². The Morgan fingerprint density at radius 1 is 0.697 bits per heavy atom. The van der Waals surface area contributed by atoms with Crippen LogP contribution in [0.25, 0.3) is 21.9 Å². The van der Waals surface area contributed by atoms with E-state index in [1.165, 1.54) is 55.5 Å². The Bertz CT molecular complexity index is 1430. The zero-order valence-corrected chi connectivity index (χ0v) is 20.6. The molecule has 0 bridgehead atoms. The number of fused-ring (bicyclic) bond motifs is 5. The maximum absolute atomic E-state index is 4.01. The van der Waals surface area contributed by atoms with Crippen molar-refractivity contribution in [3.63, 3.8) is 0 Å². The van der Waals surface area contributed by atoms with Crippen LogP contribution in [-0.4, -0.2) is 0 Å². The molecule has 0 radical (unpaired) electrons. The van der Waals surface area contributed by atoms with Crippen LogP contribution in [0.3, 0.4) is 0 Å². The van der Waals surface area contributed by atoms with Crippen molar-refractivity contribution >= 4 is 22.1 Å². The molecule has 0 amide bonds. The van der Waals surface area contributed by atoms with Gasteiger partial charge in [0, 0.05) is 17.5 Å². The molecule has 2 aliphatic rings. The van der Waals surface area contributed by atoms with Crippen LogP contribution in [-0.2, 0) is 17.3 Å². The Balaban J connectivity index is 1.61. The van der Waals surface area contributed by atoms with E-state index in [0.29, 0.717) is 0 Å². The molecular formula is C32H33N. The van der Waals surface area contributed by atoms with E-state index < -0.39 is 0 Å². The van der Waals surface area contributed by atoms with E-state index in [0.717, 1.165) is 6.42 Å². The molecule has 1 heteroatoms. The van der Waals surface area contributed by atoms with Gasteiger partial charge in [-0.2, -0.15) is 0 Å². The largest absolute Gasteiger partial charge is 0.355 e. The normalized spacial score (nSPS) is 18.6. The zero-order chi connectivity index (χ0) is 23.2. The van der Waals surface area contributed by atoms with Gasteiger partial charge < -0.3 is 5.32 Å². The van der Waals surface area contributed by atoms with Gasteiger partial charge in [0.05, 0.1) is 5.69 Å². The molecule has 4 aromatic carbocycles. The molecule has 166 valence electrons. The molecule has 4 aromatic rings. The van der Waals surface area contributed by atoms with Gasteiger partial charge in [0.15, 0.2) is 0 Å². The highest BCUT2D eigenvalue weighted by atomic mass is 14.9. The third-order valence-corrected chi connectivity index (χ3v) is 9.58. The van der Waals surface area contributed by atoms with Gasteiger partial charge in [-0.25, -0.2) is 0 Å². The molecule has 0 atom stereocenters. The van der Waals surface area contributed by atoms with Crippen molar-refractivity contribution in [3.8, 4) is 11.1 Å². The lowest BCUT2D eigenvalue weighted by molar-refractivity contribution is 0.125. The van der Waals surface area contributed by atoms with Crippen LogP contribution in [0.5, 0.6) is 0 Å². The van der Waals surface area contributed by atoms with Crippen molar-refractivity contribution in [1.82, 2.24) is 0 Å². The fourth-order valence-corrected chi connectivity index (χ4v) is 6.46. The Morgan fingerprint density at radius 2 is 1.39 bits per heavy atom. The highest BCUT2D eigenvalue weighted by molar-refractivity contribution is 6.00. The molecule has 1 nitrogen and oxygen atoms in total. The lowest BCUT2D eigenvalue weighted by Crippen LogP contribution is -2.42. The number of hydrogen-bond acceptors (Lipinski definition) is 1. The Labute approximate surface area is 197 Å². The van der Waals surface area contributed by atoms with E-state index in [9.17, 15) is 0 Å². The standard InChI is InChI=1S/C32H33N/c1-30(2)26-19-21-13-8-10-15-23(21)29(28(26)31(3,4)32(30,5)6)33-27-17-11-16-24-22-14-9-7-12-20(22)18-25(24)27/h7-17,19,33H,18H2,1-6H3. The summed E-state index contributed by atoms with van der Waals surface area (Å²) in [7, 11) is 0. The van der Waals surface area contributed by atoms with Crippen LogP contribution < -0.4 is 5.32 Å². The highest BCUT2D eigenvalue weighted by Gasteiger charge is 2.58. The van der Waals surface area contributed by atoms with Crippen molar-refractivity contribution < 1.29 is 0 Å². The molecule has 0 aromatic heterocycles. The first kappa shape index (κ1) is 20.5. The van der Waals surface area contributed by atoms with Gasteiger partial charge in [0.2, 0.25) is 0 Å². The number of benzene rings is 4. The Kier molecular flexibility index (Phi) is 4.05. The first-order chi connectivity index (χ1) is 15.6. The van der Waals surface area contributed by atoms with Crippen LogP contribution in [0.15, 0.2) is 72.8 Å². The summed E-state index contributed by atoms with van der Waals surface area (Å²) >= 11 is 0. The van der Waals surface area contributed by atoms with Crippen LogP contribution in [0, 0.1) is 5.41 Å². The minimum absolute atomic E-state index is 0.0269. The molecule has 0 spiro atoms. The number of rotatable bonds is 2. The molecule has 33 heavy (non-hydrogen) atoms. The fourth-order valence-electron chi connectivity index (χ4n) is 6.46. The van der Waals surface area contributed by atoms with E-state index >= 15 is 0 Å². The smallest absolute Gasteiger partial charge is 0.0505 e. The summed E-state index contributed by atoms with van der Waals surface area (Å²) in [4.78, 5) is 0. The van der Waals surface area contributed by atoms with Gasteiger partial charge in [-0.1, -0.05) is 108 Å². The topological polar surface area (TPSA) is 12.0 Å². The van der Waals surface area contributed by atoms with Crippen molar-refractivity contribution in [2.45, 2.75) is 58.8 Å². The van der Waals surface area contributed by atoms with Crippen molar-refractivity contribution in [3.05, 3.63) is 95.1 Å². The molecule has 6 rings (SSSR count). The summed E-state index contributed by atoms with van der Waals surface area (Å²) < 4.78 is 0. The second kappa shape index (κ2) is 6.50. The molecule has 2 aliphatic carbocycles. The Hall–Kier alpha value is -3.06. The third kappa shape index (κ3) is 2.54.